The minimum atomic E-state index is -0.275. The van der Waals surface area contributed by atoms with E-state index in [1.807, 2.05) is 6.07 Å². The van der Waals surface area contributed by atoms with Crippen molar-refractivity contribution in [3.8, 4) is 0 Å². The van der Waals surface area contributed by atoms with Crippen LogP contribution in [0.15, 0.2) is 18.2 Å². The number of hydrogen-bond acceptors (Lipinski definition) is 2. The second kappa shape index (κ2) is 5.63. The number of nitrogens with zero attached hydrogens (tertiary/aromatic N) is 1. The van der Waals surface area contributed by atoms with Crippen LogP contribution in [0.1, 0.15) is 37.8 Å². The van der Waals surface area contributed by atoms with Crippen molar-refractivity contribution in [1.29, 1.82) is 0 Å². The Morgan fingerprint density at radius 3 is 2.85 bits per heavy atom. The lowest BCUT2D eigenvalue weighted by atomic mass is 9.78. The largest absolute Gasteiger partial charge is 0.327 e. The van der Waals surface area contributed by atoms with Crippen LogP contribution in [0.5, 0.6) is 0 Å². The Morgan fingerprint density at radius 1 is 1.35 bits per heavy atom. The summed E-state index contributed by atoms with van der Waals surface area (Å²) in [5.74, 6) is 1.06. The third-order valence-corrected chi connectivity index (χ3v) is 5.47. The third kappa shape index (κ3) is 2.59. The van der Waals surface area contributed by atoms with E-state index in [9.17, 15) is 4.39 Å². The van der Waals surface area contributed by atoms with Crippen LogP contribution in [-0.4, -0.2) is 24.0 Å². The van der Waals surface area contributed by atoms with Gasteiger partial charge in [-0.25, -0.2) is 4.39 Å². The average molecular weight is 297 g/mol. The van der Waals surface area contributed by atoms with E-state index in [0.29, 0.717) is 17.0 Å². The molecule has 0 radical (unpaired) electrons. The van der Waals surface area contributed by atoms with Crippen LogP contribution >= 0.6 is 11.6 Å². The van der Waals surface area contributed by atoms with E-state index in [1.165, 1.54) is 25.0 Å². The molecule has 20 heavy (non-hydrogen) atoms. The van der Waals surface area contributed by atoms with Gasteiger partial charge in [-0.05, 0) is 49.3 Å². The SMILES string of the molecule is CC(c1ccc(F)cc1Cl)N1CC2CCCC(N)C2C1. The van der Waals surface area contributed by atoms with Crippen molar-refractivity contribution in [2.75, 3.05) is 13.1 Å². The molecule has 0 aromatic heterocycles. The maximum absolute atomic E-state index is 13.2. The van der Waals surface area contributed by atoms with Gasteiger partial charge in [0.15, 0.2) is 0 Å². The molecule has 2 nitrogen and oxygen atoms in total. The summed E-state index contributed by atoms with van der Waals surface area (Å²) in [6.45, 7) is 4.29. The Morgan fingerprint density at radius 2 is 2.15 bits per heavy atom. The summed E-state index contributed by atoms with van der Waals surface area (Å²) < 4.78 is 13.2. The van der Waals surface area contributed by atoms with Crippen LogP contribution in [-0.2, 0) is 0 Å². The lowest BCUT2D eigenvalue weighted by molar-refractivity contribution is 0.245. The normalized spacial score (nSPS) is 32.1. The number of halogens is 2. The van der Waals surface area contributed by atoms with Gasteiger partial charge in [-0.2, -0.15) is 0 Å². The highest BCUT2D eigenvalue weighted by Gasteiger charge is 2.40. The zero-order chi connectivity index (χ0) is 14.3. The molecule has 1 aliphatic carbocycles. The highest BCUT2D eigenvalue weighted by atomic mass is 35.5. The minimum absolute atomic E-state index is 0.223. The Bertz CT molecular complexity index is 493. The summed E-state index contributed by atoms with van der Waals surface area (Å²) >= 11 is 6.19. The third-order valence-electron chi connectivity index (χ3n) is 5.14. The number of fused-ring (bicyclic) bond motifs is 1. The summed E-state index contributed by atoms with van der Waals surface area (Å²) in [7, 11) is 0. The van der Waals surface area contributed by atoms with E-state index in [4.69, 9.17) is 17.3 Å². The van der Waals surface area contributed by atoms with E-state index < -0.39 is 0 Å². The van der Waals surface area contributed by atoms with Gasteiger partial charge < -0.3 is 5.73 Å². The topological polar surface area (TPSA) is 29.3 Å². The van der Waals surface area contributed by atoms with Gasteiger partial charge in [-0.3, -0.25) is 4.90 Å². The van der Waals surface area contributed by atoms with Gasteiger partial charge in [0.1, 0.15) is 5.82 Å². The van der Waals surface area contributed by atoms with Crippen LogP contribution < -0.4 is 5.73 Å². The molecule has 1 saturated carbocycles. The van der Waals surface area contributed by atoms with E-state index in [0.717, 1.165) is 31.0 Å². The number of likely N-dealkylation sites (tertiary alicyclic amines) is 1. The van der Waals surface area contributed by atoms with Gasteiger partial charge in [0.05, 0.1) is 0 Å². The van der Waals surface area contributed by atoms with Crippen LogP contribution in [0.25, 0.3) is 0 Å². The van der Waals surface area contributed by atoms with Crippen molar-refractivity contribution in [2.45, 2.75) is 38.3 Å². The van der Waals surface area contributed by atoms with Gasteiger partial charge in [-0.15, -0.1) is 0 Å². The molecule has 4 unspecified atom stereocenters. The quantitative estimate of drug-likeness (QED) is 0.903. The molecular formula is C16H22ClFN2. The molecule has 0 amide bonds. The van der Waals surface area contributed by atoms with Crippen molar-refractivity contribution in [1.82, 2.24) is 4.90 Å². The highest BCUT2D eigenvalue weighted by Crippen LogP contribution is 2.40. The highest BCUT2D eigenvalue weighted by molar-refractivity contribution is 6.31. The van der Waals surface area contributed by atoms with E-state index in [1.54, 1.807) is 0 Å². The molecule has 3 rings (SSSR count). The summed E-state index contributed by atoms with van der Waals surface area (Å²) in [6, 6.07) is 5.27. The monoisotopic (exact) mass is 296 g/mol. The standard InChI is InChI=1S/C16H22ClFN2/c1-10(13-6-5-12(18)7-15(13)17)20-8-11-3-2-4-16(19)14(11)9-20/h5-7,10-11,14,16H,2-4,8-9,19H2,1H3. The van der Waals surface area contributed by atoms with Crippen molar-refractivity contribution >= 4 is 11.6 Å². The molecule has 110 valence electrons. The van der Waals surface area contributed by atoms with Gasteiger partial charge >= 0.3 is 0 Å². The van der Waals surface area contributed by atoms with Crippen LogP contribution in [0.4, 0.5) is 4.39 Å². The molecule has 4 heteroatoms. The molecule has 2 fully saturated rings. The predicted octanol–water partition coefficient (Wildman–Crippen LogP) is 3.60. The molecule has 1 aromatic carbocycles. The molecule has 1 heterocycles. The van der Waals surface area contributed by atoms with Crippen LogP contribution in [0.3, 0.4) is 0 Å². The van der Waals surface area contributed by atoms with Crippen LogP contribution in [0.2, 0.25) is 5.02 Å². The molecule has 1 aromatic rings. The summed E-state index contributed by atoms with van der Waals surface area (Å²) in [6.07, 6.45) is 3.70. The first-order chi connectivity index (χ1) is 9.56. The first-order valence-electron chi connectivity index (χ1n) is 7.51. The van der Waals surface area contributed by atoms with Gasteiger partial charge in [0.2, 0.25) is 0 Å². The first kappa shape index (κ1) is 14.3. The van der Waals surface area contributed by atoms with Crippen molar-refractivity contribution in [2.24, 2.45) is 17.6 Å². The molecular weight excluding hydrogens is 275 g/mol. The van der Waals surface area contributed by atoms with E-state index in [-0.39, 0.29) is 11.9 Å². The number of rotatable bonds is 2. The summed E-state index contributed by atoms with van der Waals surface area (Å²) in [4.78, 5) is 2.46. The lowest BCUT2D eigenvalue weighted by Crippen LogP contribution is -2.38. The summed E-state index contributed by atoms with van der Waals surface area (Å²) in [5.41, 5.74) is 7.28. The molecule has 2 aliphatic rings. The Kier molecular flexibility index (Phi) is 4.02. The second-order valence-electron chi connectivity index (χ2n) is 6.31. The average Bonchev–Trinajstić information content (AvgIpc) is 2.83. The van der Waals surface area contributed by atoms with Gasteiger partial charge in [0, 0.05) is 30.2 Å². The number of nitrogens with two attached hydrogens (primary N) is 1. The molecule has 0 spiro atoms. The van der Waals surface area contributed by atoms with Gasteiger partial charge in [0.25, 0.3) is 0 Å². The zero-order valence-corrected chi connectivity index (χ0v) is 12.6. The van der Waals surface area contributed by atoms with E-state index >= 15 is 0 Å². The fourth-order valence-corrected chi connectivity index (χ4v) is 4.23. The fourth-order valence-electron chi connectivity index (χ4n) is 3.90. The summed E-state index contributed by atoms with van der Waals surface area (Å²) in [5, 5.41) is 0.525. The van der Waals surface area contributed by atoms with Gasteiger partial charge in [-0.1, -0.05) is 24.1 Å². The lowest BCUT2D eigenvalue weighted by Gasteiger charge is -2.30. The Labute approximate surface area is 125 Å². The molecule has 1 aliphatic heterocycles. The minimum Gasteiger partial charge on any atom is -0.327 e. The zero-order valence-electron chi connectivity index (χ0n) is 11.9. The molecule has 0 bridgehead atoms. The van der Waals surface area contributed by atoms with E-state index in [2.05, 4.69) is 11.8 Å². The Hall–Kier alpha value is -0.640. The number of benzene rings is 1. The van der Waals surface area contributed by atoms with Crippen LogP contribution in [0, 0.1) is 17.7 Å². The fraction of sp³-hybridized carbons (Fsp3) is 0.625. The predicted molar refractivity (Wildman–Crippen MR) is 80.2 cm³/mol. The molecule has 1 saturated heterocycles. The van der Waals surface area contributed by atoms with Crippen molar-refractivity contribution in [3.63, 3.8) is 0 Å². The maximum atomic E-state index is 13.2. The molecule has 4 atom stereocenters. The smallest absolute Gasteiger partial charge is 0.124 e. The van der Waals surface area contributed by atoms with Crippen molar-refractivity contribution in [3.05, 3.63) is 34.6 Å². The molecule has 2 N–H and O–H groups in total. The Balaban J connectivity index is 1.76. The number of hydrogen-bond donors (Lipinski definition) is 1. The first-order valence-corrected chi connectivity index (χ1v) is 7.88. The maximum Gasteiger partial charge on any atom is 0.124 e. The van der Waals surface area contributed by atoms with Crippen molar-refractivity contribution < 1.29 is 4.39 Å². The second-order valence-corrected chi connectivity index (χ2v) is 6.72.